The number of nitrogens with zero attached hydrogens (tertiary/aromatic N) is 5. The maximum Gasteiger partial charge on any atom is 0.254 e. The fraction of sp³-hybridized carbons (Fsp3) is 0.462. The third-order valence-electron chi connectivity index (χ3n) is 6.81. The molecule has 0 spiro atoms. The standard InChI is InChI=1S/C26H31N5O3/c1-18(2)31-24-22(17-27-31)21(16-23(28-24)19-6-4-3-5-7-19)26(33)29-10-8-20(9-11-29)25(32)30-12-14-34-15-13-30/h3-7,16-18,20H,8-15H2,1-2H3. The normalized spacial score (nSPS) is 17.5. The molecule has 2 aromatic heterocycles. The van der Waals surface area contributed by atoms with Crippen molar-refractivity contribution in [1.29, 1.82) is 0 Å². The molecule has 2 saturated heterocycles. The molecule has 1 aromatic carbocycles. The van der Waals surface area contributed by atoms with Crippen LogP contribution in [-0.4, -0.2) is 75.8 Å². The number of hydrogen-bond acceptors (Lipinski definition) is 5. The number of amides is 2. The van der Waals surface area contributed by atoms with Crippen LogP contribution in [0.4, 0.5) is 0 Å². The molecule has 0 radical (unpaired) electrons. The van der Waals surface area contributed by atoms with Crippen LogP contribution in [0.1, 0.15) is 43.1 Å². The quantitative estimate of drug-likeness (QED) is 0.595. The van der Waals surface area contributed by atoms with Crippen molar-refractivity contribution in [2.75, 3.05) is 39.4 Å². The average molecular weight is 462 g/mol. The summed E-state index contributed by atoms with van der Waals surface area (Å²) in [6.45, 7) is 7.79. The largest absolute Gasteiger partial charge is 0.378 e. The highest BCUT2D eigenvalue weighted by Gasteiger charge is 2.32. The highest BCUT2D eigenvalue weighted by atomic mass is 16.5. The second-order valence-electron chi connectivity index (χ2n) is 9.35. The summed E-state index contributed by atoms with van der Waals surface area (Å²) in [5, 5.41) is 5.30. The van der Waals surface area contributed by atoms with Crippen LogP contribution in [0.5, 0.6) is 0 Å². The van der Waals surface area contributed by atoms with Crippen LogP contribution in [0, 0.1) is 5.92 Å². The van der Waals surface area contributed by atoms with Gasteiger partial charge in [-0.05, 0) is 32.8 Å². The Balaban J connectivity index is 1.40. The smallest absolute Gasteiger partial charge is 0.254 e. The number of rotatable bonds is 4. The fourth-order valence-electron chi connectivity index (χ4n) is 4.87. The minimum absolute atomic E-state index is 0.0230. The second-order valence-corrected chi connectivity index (χ2v) is 9.35. The number of pyridine rings is 1. The lowest BCUT2D eigenvalue weighted by Gasteiger charge is -2.35. The maximum atomic E-state index is 13.7. The maximum absolute atomic E-state index is 13.7. The van der Waals surface area contributed by atoms with E-state index < -0.39 is 0 Å². The van der Waals surface area contributed by atoms with E-state index in [2.05, 4.69) is 18.9 Å². The Labute approximate surface area is 199 Å². The lowest BCUT2D eigenvalue weighted by Crippen LogP contribution is -2.47. The van der Waals surface area contributed by atoms with E-state index in [1.807, 2.05) is 50.9 Å². The number of hydrogen-bond donors (Lipinski definition) is 0. The first-order valence-electron chi connectivity index (χ1n) is 12.1. The Kier molecular flexibility index (Phi) is 6.32. The van der Waals surface area contributed by atoms with Crippen molar-refractivity contribution in [3.8, 4) is 11.3 Å². The topological polar surface area (TPSA) is 80.6 Å². The number of carbonyl (C=O) groups is 2. The van der Waals surface area contributed by atoms with Crippen LogP contribution in [0.25, 0.3) is 22.3 Å². The van der Waals surface area contributed by atoms with E-state index in [1.54, 1.807) is 6.20 Å². The van der Waals surface area contributed by atoms with Gasteiger partial charge in [-0.3, -0.25) is 9.59 Å². The summed E-state index contributed by atoms with van der Waals surface area (Å²) in [5.74, 6) is 0.152. The fourth-order valence-corrected chi connectivity index (χ4v) is 4.87. The summed E-state index contributed by atoms with van der Waals surface area (Å²) in [6, 6.07) is 11.9. The molecule has 8 nitrogen and oxygen atoms in total. The van der Waals surface area contributed by atoms with Crippen molar-refractivity contribution in [2.45, 2.75) is 32.7 Å². The van der Waals surface area contributed by atoms with Crippen LogP contribution in [0.2, 0.25) is 0 Å². The molecular formula is C26H31N5O3. The van der Waals surface area contributed by atoms with E-state index in [9.17, 15) is 9.59 Å². The van der Waals surface area contributed by atoms with Gasteiger partial charge in [0.1, 0.15) is 0 Å². The highest BCUT2D eigenvalue weighted by molar-refractivity contribution is 6.06. The number of fused-ring (bicyclic) bond motifs is 1. The SMILES string of the molecule is CC(C)n1ncc2c(C(=O)N3CCC(C(=O)N4CCOCC4)CC3)cc(-c3ccccc3)nc21. The zero-order chi connectivity index (χ0) is 23.7. The molecule has 0 saturated carbocycles. The van der Waals surface area contributed by atoms with Gasteiger partial charge in [0.25, 0.3) is 5.91 Å². The predicted molar refractivity (Wildman–Crippen MR) is 129 cm³/mol. The Hall–Kier alpha value is -3.26. The summed E-state index contributed by atoms with van der Waals surface area (Å²) in [7, 11) is 0. The van der Waals surface area contributed by atoms with Crippen molar-refractivity contribution in [1.82, 2.24) is 24.6 Å². The molecule has 0 unspecified atom stereocenters. The van der Waals surface area contributed by atoms with Gasteiger partial charge in [-0.2, -0.15) is 5.10 Å². The minimum Gasteiger partial charge on any atom is -0.378 e. The second kappa shape index (κ2) is 9.54. The molecule has 3 aromatic rings. The molecule has 2 aliphatic rings. The number of likely N-dealkylation sites (tertiary alicyclic amines) is 1. The van der Waals surface area contributed by atoms with Crippen LogP contribution in [-0.2, 0) is 9.53 Å². The van der Waals surface area contributed by atoms with Crippen LogP contribution >= 0.6 is 0 Å². The first-order valence-corrected chi connectivity index (χ1v) is 12.1. The molecule has 0 bridgehead atoms. The number of ether oxygens (including phenoxy) is 1. The number of morpholine rings is 1. The zero-order valence-electron chi connectivity index (χ0n) is 19.8. The molecular weight excluding hydrogens is 430 g/mol. The number of benzene rings is 1. The molecule has 178 valence electrons. The van der Waals surface area contributed by atoms with Gasteiger partial charge in [-0.1, -0.05) is 30.3 Å². The van der Waals surface area contributed by atoms with Gasteiger partial charge in [0, 0.05) is 43.7 Å². The lowest BCUT2D eigenvalue weighted by atomic mass is 9.94. The van der Waals surface area contributed by atoms with Crippen molar-refractivity contribution in [2.24, 2.45) is 5.92 Å². The zero-order valence-corrected chi connectivity index (χ0v) is 19.8. The summed E-state index contributed by atoms with van der Waals surface area (Å²) in [5.41, 5.74) is 3.06. The average Bonchev–Trinajstić information content (AvgIpc) is 3.33. The summed E-state index contributed by atoms with van der Waals surface area (Å²) < 4.78 is 7.24. The Bertz CT molecular complexity index is 1180. The Morgan fingerprint density at radius 2 is 1.71 bits per heavy atom. The molecule has 2 amide bonds. The van der Waals surface area contributed by atoms with Crippen LogP contribution in [0.3, 0.4) is 0 Å². The van der Waals surface area contributed by atoms with E-state index in [0.29, 0.717) is 57.8 Å². The third kappa shape index (κ3) is 4.30. The van der Waals surface area contributed by atoms with Crippen molar-refractivity contribution >= 4 is 22.8 Å². The van der Waals surface area contributed by atoms with E-state index in [4.69, 9.17) is 9.72 Å². The summed E-state index contributed by atoms with van der Waals surface area (Å²) >= 11 is 0. The van der Waals surface area contributed by atoms with Crippen LogP contribution < -0.4 is 0 Å². The molecule has 0 N–H and O–H groups in total. The van der Waals surface area contributed by atoms with E-state index >= 15 is 0 Å². The molecule has 0 aliphatic carbocycles. The van der Waals surface area contributed by atoms with Crippen molar-refractivity contribution in [3.05, 3.63) is 48.2 Å². The first-order chi connectivity index (χ1) is 16.5. The predicted octanol–water partition coefficient (Wildman–Crippen LogP) is 3.39. The monoisotopic (exact) mass is 461 g/mol. The molecule has 2 aliphatic heterocycles. The molecule has 0 atom stereocenters. The molecule has 5 rings (SSSR count). The third-order valence-corrected chi connectivity index (χ3v) is 6.81. The van der Waals surface area contributed by atoms with E-state index in [1.165, 1.54) is 0 Å². The molecule has 8 heteroatoms. The molecule has 2 fully saturated rings. The van der Waals surface area contributed by atoms with Crippen LogP contribution in [0.15, 0.2) is 42.6 Å². The minimum atomic E-state index is -0.0248. The first kappa shape index (κ1) is 22.5. The van der Waals surface area contributed by atoms with Gasteiger partial charge in [0.15, 0.2) is 5.65 Å². The Morgan fingerprint density at radius 1 is 1.00 bits per heavy atom. The van der Waals surface area contributed by atoms with E-state index in [0.717, 1.165) is 22.3 Å². The van der Waals surface area contributed by atoms with E-state index in [-0.39, 0.29) is 23.8 Å². The molecule has 34 heavy (non-hydrogen) atoms. The highest BCUT2D eigenvalue weighted by Crippen LogP contribution is 2.29. The van der Waals surface area contributed by atoms with Gasteiger partial charge in [-0.25, -0.2) is 9.67 Å². The van der Waals surface area contributed by atoms with Gasteiger partial charge < -0.3 is 14.5 Å². The summed E-state index contributed by atoms with van der Waals surface area (Å²) in [4.78, 5) is 35.2. The van der Waals surface area contributed by atoms with Crippen molar-refractivity contribution < 1.29 is 14.3 Å². The Morgan fingerprint density at radius 3 is 2.38 bits per heavy atom. The van der Waals surface area contributed by atoms with Gasteiger partial charge >= 0.3 is 0 Å². The number of carbonyl (C=O) groups excluding carboxylic acids is 2. The lowest BCUT2D eigenvalue weighted by molar-refractivity contribution is -0.141. The molecule has 4 heterocycles. The van der Waals surface area contributed by atoms with Crippen molar-refractivity contribution in [3.63, 3.8) is 0 Å². The van der Waals surface area contributed by atoms with Gasteiger partial charge in [-0.15, -0.1) is 0 Å². The number of aromatic nitrogens is 3. The number of piperidine rings is 1. The summed E-state index contributed by atoms with van der Waals surface area (Å²) in [6.07, 6.45) is 3.12. The van der Waals surface area contributed by atoms with Gasteiger partial charge in [0.05, 0.1) is 36.1 Å². The van der Waals surface area contributed by atoms with Gasteiger partial charge in [0.2, 0.25) is 5.91 Å².